The van der Waals surface area contributed by atoms with Crippen molar-refractivity contribution in [2.45, 2.75) is 0 Å². The molecule has 0 atom stereocenters. The molecule has 0 bridgehead atoms. The Morgan fingerprint density at radius 2 is 1.85 bits per heavy atom. The lowest BCUT2D eigenvalue weighted by Crippen LogP contribution is -2.09. The number of carboxylic acids is 1. The number of rotatable bonds is 3. The van der Waals surface area contributed by atoms with Crippen LogP contribution < -0.4 is 10.5 Å². The van der Waals surface area contributed by atoms with Crippen LogP contribution in [0.1, 0.15) is 20.7 Å². The molecule has 20 heavy (non-hydrogen) atoms. The second-order valence-electron chi connectivity index (χ2n) is 4.00. The molecule has 2 rings (SSSR count). The van der Waals surface area contributed by atoms with Gasteiger partial charge in [-0.25, -0.2) is 9.59 Å². The molecule has 0 spiro atoms. The van der Waals surface area contributed by atoms with Crippen LogP contribution in [0.3, 0.4) is 0 Å². The van der Waals surface area contributed by atoms with Gasteiger partial charge in [0.15, 0.2) is 0 Å². The maximum atomic E-state index is 11.8. The number of carbonyl (C=O) groups is 2. The second-order valence-corrected chi connectivity index (χ2v) is 4.00. The fourth-order valence-corrected chi connectivity index (χ4v) is 1.59. The fourth-order valence-electron chi connectivity index (χ4n) is 1.59. The predicted molar refractivity (Wildman–Crippen MR) is 70.9 cm³/mol. The predicted octanol–water partition coefficient (Wildman–Crippen LogP) is 1.89. The number of carboxylic acid groups (broad SMARTS) is 1. The smallest absolute Gasteiger partial charge is 0.343 e. The largest absolute Gasteiger partial charge is 0.507 e. The summed E-state index contributed by atoms with van der Waals surface area (Å²) < 4.78 is 5.02. The number of carbonyl (C=O) groups excluding carboxylic acids is 1. The molecule has 6 heteroatoms. The third kappa shape index (κ3) is 2.86. The Morgan fingerprint density at radius 3 is 2.45 bits per heavy atom. The number of aromatic carboxylic acids is 1. The van der Waals surface area contributed by atoms with Crippen LogP contribution in [0.25, 0.3) is 0 Å². The second kappa shape index (κ2) is 5.31. The SMILES string of the molecule is Nc1cccc(C(=O)Oc2ccc(C(=O)O)c(O)c2)c1. The van der Waals surface area contributed by atoms with Gasteiger partial charge in [-0.15, -0.1) is 0 Å². The topological polar surface area (TPSA) is 110 Å². The monoisotopic (exact) mass is 273 g/mol. The van der Waals surface area contributed by atoms with E-state index in [4.69, 9.17) is 15.6 Å². The highest BCUT2D eigenvalue weighted by molar-refractivity contribution is 5.93. The summed E-state index contributed by atoms with van der Waals surface area (Å²) >= 11 is 0. The molecular formula is C14H11NO5. The lowest BCUT2D eigenvalue weighted by Gasteiger charge is -2.06. The van der Waals surface area contributed by atoms with E-state index in [9.17, 15) is 14.7 Å². The molecule has 102 valence electrons. The van der Waals surface area contributed by atoms with Crippen molar-refractivity contribution in [3.8, 4) is 11.5 Å². The Balaban J connectivity index is 2.20. The first-order valence-corrected chi connectivity index (χ1v) is 5.61. The van der Waals surface area contributed by atoms with E-state index in [0.717, 1.165) is 12.1 Å². The van der Waals surface area contributed by atoms with Gasteiger partial charge in [0.25, 0.3) is 0 Å². The summed E-state index contributed by atoms with van der Waals surface area (Å²) in [5.41, 5.74) is 5.96. The number of nitrogen functional groups attached to an aromatic ring is 1. The van der Waals surface area contributed by atoms with Crippen LogP contribution in [-0.4, -0.2) is 22.2 Å². The van der Waals surface area contributed by atoms with Crippen LogP contribution in [0, 0.1) is 0 Å². The van der Waals surface area contributed by atoms with Crippen molar-refractivity contribution in [1.82, 2.24) is 0 Å². The summed E-state index contributed by atoms with van der Waals surface area (Å²) in [6, 6.07) is 9.72. The molecule has 0 saturated carbocycles. The first-order chi connectivity index (χ1) is 9.47. The number of phenols is 1. The highest BCUT2D eigenvalue weighted by Crippen LogP contribution is 2.24. The first kappa shape index (κ1) is 13.4. The summed E-state index contributed by atoms with van der Waals surface area (Å²) in [6.45, 7) is 0. The van der Waals surface area contributed by atoms with E-state index in [2.05, 4.69) is 0 Å². The molecule has 0 aliphatic rings. The van der Waals surface area contributed by atoms with Crippen molar-refractivity contribution in [3.63, 3.8) is 0 Å². The molecule has 4 N–H and O–H groups in total. The molecule has 0 aliphatic carbocycles. The van der Waals surface area contributed by atoms with E-state index in [1.165, 1.54) is 18.2 Å². The van der Waals surface area contributed by atoms with Crippen molar-refractivity contribution in [3.05, 3.63) is 53.6 Å². The van der Waals surface area contributed by atoms with E-state index in [-0.39, 0.29) is 16.9 Å². The maximum absolute atomic E-state index is 11.8. The minimum atomic E-state index is -1.27. The summed E-state index contributed by atoms with van der Waals surface area (Å²) in [7, 11) is 0. The van der Waals surface area contributed by atoms with E-state index in [0.29, 0.717) is 5.69 Å². The van der Waals surface area contributed by atoms with Gasteiger partial charge in [-0.05, 0) is 30.3 Å². The quantitative estimate of drug-likeness (QED) is 0.447. The molecule has 0 heterocycles. The van der Waals surface area contributed by atoms with Crippen molar-refractivity contribution < 1.29 is 24.5 Å². The number of hydrogen-bond acceptors (Lipinski definition) is 5. The minimum absolute atomic E-state index is 0.0416. The van der Waals surface area contributed by atoms with Crippen molar-refractivity contribution in [2.75, 3.05) is 5.73 Å². The molecule has 0 aliphatic heterocycles. The van der Waals surface area contributed by atoms with Crippen LogP contribution in [-0.2, 0) is 0 Å². The number of hydrogen-bond donors (Lipinski definition) is 3. The normalized spacial score (nSPS) is 10.0. The van der Waals surface area contributed by atoms with Crippen LogP contribution in [0.4, 0.5) is 5.69 Å². The average Bonchev–Trinajstić information content (AvgIpc) is 2.38. The van der Waals surface area contributed by atoms with Gasteiger partial charge in [0, 0.05) is 11.8 Å². The Kier molecular flexibility index (Phi) is 3.56. The van der Waals surface area contributed by atoms with E-state index < -0.39 is 17.7 Å². The van der Waals surface area contributed by atoms with Crippen molar-refractivity contribution in [2.24, 2.45) is 0 Å². The summed E-state index contributed by atoms with van der Waals surface area (Å²) in [5.74, 6) is -2.36. The Morgan fingerprint density at radius 1 is 1.10 bits per heavy atom. The summed E-state index contributed by atoms with van der Waals surface area (Å²) in [4.78, 5) is 22.6. The van der Waals surface area contributed by atoms with Crippen LogP contribution >= 0.6 is 0 Å². The number of ether oxygens (including phenoxy) is 1. The Labute approximate surface area is 114 Å². The number of anilines is 1. The van der Waals surface area contributed by atoms with Crippen LogP contribution in [0.5, 0.6) is 11.5 Å². The zero-order chi connectivity index (χ0) is 14.7. The lowest BCUT2D eigenvalue weighted by molar-refractivity contribution is 0.0693. The number of nitrogens with two attached hydrogens (primary N) is 1. The molecule has 0 amide bonds. The zero-order valence-electron chi connectivity index (χ0n) is 10.2. The number of esters is 1. The number of benzene rings is 2. The molecule has 0 radical (unpaired) electrons. The standard InChI is InChI=1S/C14H11NO5/c15-9-3-1-2-8(6-9)14(19)20-10-4-5-11(13(17)18)12(16)7-10/h1-7,16H,15H2,(H,17,18). The van der Waals surface area contributed by atoms with Gasteiger partial charge in [0.2, 0.25) is 0 Å². The van der Waals surface area contributed by atoms with E-state index in [1.807, 2.05) is 0 Å². The Hall–Kier alpha value is -3.02. The van der Waals surface area contributed by atoms with Gasteiger partial charge in [0.1, 0.15) is 17.1 Å². The number of aromatic hydroxyl groups is 1. The highest BCUT2D eigenvalue weighted by Gasteiger charge is 2.13. The third-order valence-electron chi connectivity index (χ3n) is 2.53. The molecular weight excluding hydrogens is 262 g/mol. The fraction of sp³-hybridized carbons (Fsp3) is 0. The zero-order valence-corrected chi connectivity index (χ0v) is 10.2. The summed E-state index contributed by atoms with van der Waals surface area (Å²) in [6.07, 6.45) is 0. The van der Waals surface area contributed by atoms with E-state index >= 15 is 0 Å². The van der Waals surface area contributed by atoms with Crippen molar-refractivity contribution >= 4 is 17.6 Å². The molecule has 0 saturated heterocycles. The first-order valence-electron chi connectivity index (χ1n) is 5.61. The van der Waals surface area contributed by atoms with Gasteiger partial charge in [-0.2, -0.15) is 0 Å². The molecule has 0 aromatic heterocycles. The average molecular weight is 273 g/mol. The van der Waals surface area contributed by atoms with E-state index in [1.54, 1.807) is 12.1 Å². The van der Waals surface area contributed by atoms with Gasteiger partial charge < -0.3 is 20.7 Å². The van der Waals surface area contributed by atoms with Crippen LogP contribution in [0.2, 0.25) is 0 Å². The molecule has 2 aromatic rings. The van der Waals surface area contributed by atoms with Crippen molar-refractivity contribution in [1.29, 1.82) is 0 Å². The molecule has 0 unspecified atom stereocenters. The third-order valence-corrected chi connectivity index (χ3v) is 2.53. The highest BCUT2D eigenvalue weighted by atomic mass is 16.5. The van der Waals surface area contributed by atoms with Gasteiger partial charge in [-0.3, -0.25) is 0 Å². The van der Waals surface area contributed by atoms with Crippen LogP contribution in [0.15, 0.2) is 42.5 Å². The Bertz CT molecular complexity index is 681. The maximum Gasteiger partial charge on any atom is 0.343 e. The molecule has 2 aromatic carbocycles. The molecule has 6 nitrogen and oxygen atoms in total. The molecule has 0 fully saturated rings. The van der Waals surface area contributed by atoms with Gasteiger partial charge in [-0.1, -0.05) is 6.07 Å². The van der Waals surface area contributed by atoms with Gasteiger partial charge >= 0.3 is 11.9 Å². The lowest BCUT2D eigenvalue weighted by atomic mass is 10.2. The van der Waals surface area contributed by atoms with Gasteiger partial charge in [0.05, 0.1) is 5.56 Å². The summed E-state index contributed by atoms with van der Waals surface area (Å²) in [5, 5.41) is 18.3. The minimum Gasteiger partial charge on any atom is -0.507 e.